The number of hydrogen-bond donors (Lipinski definition) is 2. The third-order valence-corrected chi connectivity index (χ3v) is 2.84. The first-order valence-electron chi connectivity index (χ1n) is 6.17. The number of rotatable bonds is 7. The van der Waals surface area contributed by atoms with Crippen molar-refractivity contribution in [2.45, 2.75) is 19.8 Å². The first-order chi connectivity index (χ1) is 9.41. The van der Waals surface area contributed by atoms with E-state index in [1.54, 1.807) is 6.92 Å². The van der Waals surface area contributed by atoms with Crippen LogP contribution in [0.5, 0.6) is 0 Å². The van der Waals surface area contributed by atoms with Crippen molar-refractivity contribution < 1.29 is 19.6 Å². The molecule has 0 fully saturated rings. The molecular weight excluding hydrogens is 264 g/mol. The molecule has 7 nitrogen and oxygen atoms in total. The molecule has 1 rings (SSSR count). The lowest BCUT2D eigenvalue weighted by Gasteiger charge is -2.07. The van der Waals surface area contributed by atoms with Gasteiger partial charge in [0.05, 0.1) is 10.8 Å². The number of hydrogen-bond acceptors (Lipinski definition) is 4. The van der Waals surface area contributed by atoms with E-state index in [1.807, 2.05) is 0 Å². The maximum atomic E-state index is 11.7. The third kappa shape index (κ3) is 4.68. The van der Waals surface area contributed by atoms with E-state index in [1.165, 1.54) is 24.3 Å². The van der Waals surface area contributed by atoms with Crippen molar-refractivity contribution in [1.82, 2.24) is 5.32 Å². The fourth-order valence-electron chi connectivity index (χ4n) is 1.60. The van der Waals surface area contributed by atoms with E-state index in [2.05, 4.69) is 5.32 Å². The highest BCUT2D eigenvalue weighted by Gasteiger charge is 2.12. The van der Waals surface area contributed by atoms with E-state index >= 15 is 0 Å². The molecule has 108 valence electrons. The standard InChI is InChI=1S/C13H16N2O5/c1-9(13(17)18)4-3-7-14-12(16)10-5-2-6-11(8-10)15(19)20/h2,5-6,8-9H,3-4,7H2,1H3,(H,14,16)(H,17,18). The summed E-state index contributed by atoms with van der Waals surface area (Å²) in [5.74, 6) is -1.73. The van der Waals surface area contributed by atoms with Gasteiger partial charge in [-0.2, -0.15) is 0 Å². The van der Waals surface area contributed by atoms with Crippen molar-refractivity contribution in [2.75, 3.05) is 6.54 Å². The van der Waals surface area contributed by atoms with Gasteiger partial charge in [0.25, 0.3) is 11.6 Å². The molecule has 0 aromatic heterocycles. The van der Waals surface area contributed by atoms with Crippen LogP contribution in [0, 0.1) is 16.0 Å². The monoisotopic (exact) mass is 280 g/mol. The number of carboxylic acids is 1. The number of nitro benzene ring substituents is 1. The Morgan fingerprint density at radius 1 is 1.45 bits per heavy atom. The molecule has 1 amide bonds. The summed E-state index contributed by atoms with van der Waals surface area (Å²) in [6.07, 6.45) is 0.999. The molecule has 20 heavy (non-hydrogen) atoms. The average molecular weight is 280 g/mol. The molecule has 1 aromatic carbocycles. The summed E-state index contributed by atoms with van der Waals surface area (Å²) in [7, 11) is 0. The summed E-state index contributed by atoms with van der Waals surface area (Å²) in [5, 5.41) is 21.9. The van der Waals surface area contributed by atoms with Crippen LogP contribution in [-0.4, -0.2) is 28.5 Å². The minimum atomic E-state index is -0.866. The molecule has 0 heterocycles. The number of benzene rings is 1. The Balaban J connectivity index is 2.45. The molecule has 1 aromatic rings. The van der Waals surface area contributed by atoms with Crippen LogP contribution in [0.25, 0.3) is 0 Å². The fourth-order valence-corrected chi connectivity index (χ4v) is 1.60. The number of nitro groups is 1. The van der Waals surface area contributed by atoms with Crippen LogP contribution in [0.3, 0.4) is 0 Å². The summed E-state index contributed by atoms with van der Waals surface area (Å²) in [4.78, 5) is 32.4. The number of carbonyl (C=O) groups is 2. The van der Waals surface area contributed by atoms with Crippen LogP contribution >= 0.6 is 0 Å². The summed E-state index contributed by atoms with van der Waals surface area (Å²) in [6.45, 7) is 1.93. The average Bonchev–Trinajstić information content (AvgIpc) is 2.43. The highest BCUT2D eigenvalue weighted by Crippen LogP contribution is 2.13. The van der Waals surface area contributed by atoms with E-state index in [9.17, 15) is 19.7 Å². The second kappa shape index (κ2) is 7.22. The van der Waals surface area contributed by atoms with Gasteiger partial charge in [-0.3, -0.25) is 19.7 Å². The second-order valence-electron chi connectivity index (χ2n) is 4.44. The van der Waals surface area contributed by atoms with E-state index in [4.69, 9.17) is 5.11 Å². The lowest BCUT2D eigenvalue weighted by atomic mass is 10.1. The summed E-state index contributed by atoms with van der Waals surface area (Å²) >= 11 is 0. The number of nitrogens with one attached hydrogen (secondary N) is 1. The van der Waals surface area contributed by atoms with Crippen molar-refractivity contribution in [3.05, 3.63) is 39.9 Å². The van der Waals surface area contributed by atoms with Gasteiger partial charge in [-0.15, -0.1) is 0 Å². The predicted molar refractivity (Wildman–Crippen MR) is 71.5 cm³/mol. The zero-order valence-electron chi connectivity index (χ0n) is 11.0. The van der Waals surface area contributed by atoms with E-state index in [-0.39, 0.29) is 11.3 Å². The van der Waals surface area contributed by atoms with Crippen LogP contribution in [0.1, 0.15) is 30.1 Å². The van der Waals surface area contributed by atoms with Crippen molar-refractivity contribution in [2.24, 2.45) is 5.92 Å². The van der Waals surface area contributed by atoms with Gasteiger partial charge in [-0.1, -0.05) is 13.0 Å². The van der Waals surface area contributed by atoms with Crippen molar-refractivity contribution in [3.8, 4) is 0 Å². The van der Waals surface area contributed by atoms with E-state index in [0.717, 1.165) is 0 Å². The predicted octanol–water partition coefficient (Wildman–Crippen LogP) is 1.83. The van der Waals surface area contributed by atoms with Gasteiger partial charge in [-0.25, -0.2) is 0 Å². The van der Waals surface area contributed by atoms with Gasteiger partial charge in [0, 0.05) is 24.2 Å². The number of amides is 1. The van der Waals surface area contributed by atoms with Crippen LogP contribution in [0.4, 0.5) is 5.69 Å². The minimum Gasteiger partial charge on any atom is -0.481 e. The Morgan fingerprint density at radius 2 is 2.15 bits per heavy atom. The van der Waals surface area contributed by atoms with Gasteiger partial charge in [0.2, 0.25) is 0 Å². The lowest BCUT2D eigenvalue weighted by molar-refractivity contribution is -0.384. The number of carbonyl (C=O) groups excluding carboxylic acids is 1. The smallest absolute Gasteiger partial charge is 0.306 e. The molecule has 0 spiro atoms. The van der Waals surface area contributed by atoms with Crippen LogP contribution < -0.4 is 5.32 Å². The van der Waals surface area contributed by atoms with Gasteiger partial charge >= 0.3 is 5.97 Å². The summed E-state index contributed by atoms with van der Waals surface area (Å²) in [5.41, 5.74) is 0.0719. The van der Waals surface area contributed by atoms with E-state index < -0.39 is 22.7 Å². The maximum absolute atomic E-state index is 11.7. The van der Waals surface area contributed by atoms with Crippen LogP contribution in [0.15, 0.2) is 24.3 Å². The Morgan fingerprint density at radius 3 is 2.75 bits per heavy atom. The molecule has 0 bridgehead atoms. The molecule has 0 aliphatic carbocycles. The van der Waals surface area contributed by atoms with Gasteiger partial charge < -0.3 is 10.4 Å². The number of carboxylic acid groups (broad SMARTS) is 1. The Kier molecular flexibility index (Phi) is 5.64. The maximum Gasteiger partial charge on any atom is 0.306 e. The summed E-state index contributed by atoms with van der Waals surface area (Å²) < 4.78 is 0. The number of non-ortho nitro benzene ring substituents is 1. The largest absolute Gasteiger partial charge is 0.481 e. The molecule has 1 atom stereocenters. The first-order valence-corrected chi connectivity index (χ1v) is 6.17. The highest BCUT2D eigenvalue weighted by molar-refractivity contribution is 5.94. The molecule has 2 N–H and O–H groups in total. The van der Waals surface area contributed by atoms with Gasteiger partial charge in [0.15, 0.2) is 0 Å². The van der Waals surface area contributed by atoms with E-state index in [0.29, 0.717) is 19.4 Å². The zero-order valence-corrected chi connectivity index (χ0v) is 11.0. The molecule has 0 aliphatic heterocycles. The summed E-state index contributed by atoms with van der Waals surface area (Å²) in [6, 6.07) is 5.45. The highest BCUT2D eigenvalue weighted by atomic mass is 16.6. The minimum absolute atomic E-state index is 0.142. The Hall–Kier alpha value is -2.44. The fraction of sp³-hybridized carbons (Fsp3) is 0.385. The third-order valence-electron chi connectivity index (χ3n) is 2.84. The SMILES string of the molecule is CC(CCCNC(=O)c1cccc([N+](=O)[O-])c1)C(=O)O. The van der Waals surface area contributed by atoms with Crippen LogP contribution in [-0.2, 0) is 4.79 Å². The normalized spacial score (nSPS) is 11.7. The van der Waals surface area contributed by atoms with Crippen molar-refractivity contribution in [3.63, 3.8) is 0 Å². The molecule has 0 saturated heterocycles. The van der Waals surface area contributed by atoms with Crippen LogP contribution in [0.2, 0.25) is 0 Å². The molecular formula is C13H16N2O5. The second-order valence-corrected chi connectivity index (χ2v) is 4.44. The number of aliphatic carboxylic acids is 1. The topological polar surface area (TPSA) is 110 Å². The van der Waals surface area contributed by atoms with Crippen molar-refractivity contribution >= 4 is 17.6 Å². The Labute approximate surface area is 115 Å². The van der Waals surface area contributed by atoms with Gasteiger partial charge in [-0.05, 0) is 18.9 Å². The first kappa shape index (κ1) is 15.6. The molecule has 1 unspecified atom stereocenters. The molecule has 0 radical (unpaired) electrons. The molecule has 0 saturated carbocycles. The van der Waals surface area contributed by atoms with Crippen molar-refractivity contribution in [1.29, 1.82) is 0 Å². The number of nitrogens with zero attached hydrogens (tertiary/aromatic N) is 1. The van der Waals surface area contributed by atoms with Gasteiger partial charge in [0.1, 0.15) is 0 Å². The Bertz CT molecular complexity index is 515. The molecule has 7 heteroatoms. The molecule has 0 aliphatic rings. The zero-order chi connectivity index (χ0) is 15.1. The quantitative estimate of drug-likeness (QED) is 0.450. The lowest BCUT2D eigenvalue weighted by Crippen LogP contribution is -2.25.